The van der Waals surface area contributed by atoms with Crippen molar-refractivity contribution in [1.82, 2.24) is 4.72 Å². The third kappa shape index (κ3) is 5.00. The Kier molecular flexibility index (Phi) is 7.11. The molecule has 0 fully saturated rings. The highest BCUT2D eigenvalue weighted by molar-refractivity contribution is 7.91. The Labute approximate surface area is 171 Å². The molecule has 0 aliphatic carbocycles. The van der Waals surface area contributed by atoms with E-state index < -0.39 is 38.2 Å². The van der Waals surface area contributed by atoms with Crippen molar-refractivity contribution in [2.75, 3.05) is 14.2 Å². The Bertz CT molecular complexity index is 1030. The summed E-state index contributed by atoms with van der Waals surface area (Å²) in [5.74, 6) is -3.18. The van der Waals surface area contributed by atoms with Gasteiger partial charge >= 0.3 is 17.9 Å². The Hall–Kier alpha value is -2.76. The number of benzene rings is 1. The Morgan fingerprint density at radius 2 is 1.69 bits per heavy atom. The molecule has 1 atom stereocenters. The number of aliphatic carboxylic acids is 1. The van der Waals surface area contributed by atoms with Crippen molar-refractivity contribution in [3.8, 4) is 0 Å². The molecule has 29 heavy (non-hydrogen) atoms. The fraction of sp³-hybridized carbons (Fsp3) is 0.278. The molecule has 0 saturated heterocycles. The van der Waals surface area contributed by atoms with Crippen molar-refractivity contribution in [1.29, 1.82) is 0 Å². The predicted octanol–water partition coefficient (Wildman–Crippen LogP) is 1.60. The standard InChI is InChI=1S/C18H19NO8S2/c1-10-13(16(22)26-2)18(28-14(10)17(23)27-3)29(24,25)19-12(15(20)21)9-11-7-5-4-6-8-11/h4-8,12,19H,9H2,1-3H3,(H,20,21)/t12-/m1/s1. The number of carbonyl (C=O) groups excluding carboxylic acids is 2. The molecule has 1 aromatic carbocycles. The van der Waals surface area contributed by atoms with Gasteiger partial charge in [-0.2, -0.15) is 4.72 Å². The summed E-state index contributed by atoms with van der Waals surface area (Å²) in [6, 6.07) is 6.97. The average molecular weight is 441 g/mol. The van der Waals surface area contributed by atoms with E-state index in [0.29, 0.717) is 16.9 Å². The molecule has 156 valence electrons. The molecule has 0 unspecified atom stereocenters. The fourth-order valence-electron chi connectivity index (χ4n) is 2.57. The van der Waals surface area contributed by atoms with E-state index >= 15 is 0 Å². The molecule has 1 aromatic heterocycles. The lowest BCUT2D eigenvalue weighted by atomic mass is 10.1. The van der Waals surface area contributed by atoms with Crippen LogP contribution in [0.3, 0.4) is 0 Å². The summed E-state index contributed by atoms with van der Waals surface area (Å²) in [6.45, 7) is 1.38. The number of nitrogens with one attached hydrogen (secondary N) is 1. The third-order valence-corrected chi connectivity index (χ3v) is 7.26. The van der Waals surface area contributed by atoms with Gasteiger partial charge in [0.1, 0.15) is 10.9 Å². The second-order valence-electron chi connectivity index (χ2n) is 5.90. The van der Waals surface area contributed by atoms with Crippen molar-refractivity contribution in [2.24, 2.45) is 0 Å². The summed E-state index contributed by atoms with van der Waals surface area (Å²) in [5, 5.41) is 9.47. The van der Waals surface area contributed by atoms with Gasteiger partial charge in [0.05, 0.1) is 19.8 Å². The second kappa shape index (κ2) is 9.16. The quantitative estimate of drug-likeness (QED) is 0.590. The van der Waals surface area contributed by atoms with E-state index in [4.69, 9.17) is 0 Å². The van der Waals surface area contributed by atoms with Crippen LogP contribution in [0.1, 0.15) is 31.2 Å². The summed E-state index contributed by atoms with van der Waals surface area (Å²) in [7, 11) is -2.29. The minimum absolute atomic E-state index is 0.0732. The first kappa shape index (κ1) is 22.5. The summed E-state index contributed by atoms with van der Waals surface area (Å²) in [4.78, 5) is 35.6. The van der Waals surface area contributed by atoms with Gasteiger partial charge in [0.25, 0.3) is 10.0 Å². The molecule has 2 aromatic rings. The number of hydrogen-bond acceptors (Lipinski definition) is 8. The largest absolute Gasteiger partial charge is 0.480 e. The first-order valence-corrected chi connectivity index (χ1v) is 10.5. The minimum atomic E-state index is -4.47. The number of carboxylic acid groups (broad SMARTS) is 1. The van der Waals surface area contributed by atoms with Crippen LogP contribution in [0.2, 0.25) is 0 Å². The molecule has 11 heteroatoms. The summed E-state index contributed by atoms with van der Waals surface area (Å²) < 4.78 is 36.7. The molecular weight excluding hydrogens is 422 g/mol. The summed E-state index contributed by atoms with van der Waals surface area (Å²) >= 11 is 0.511. The average Bonchev–Trinajstić information content (AvgIpc) is 3.05. The minimum Gasteiger partial charge on any atom is -0.480 e. The first-order chi connectivity index (χ1) is 13.6. The van der Waals surface area contributed by atoms with E-state index in [0.717, 1.165) is 14.2 Å². The maximum atomic E-state index is 12.9. The van der Waals surface area contributed by atoms with E-state index in [1.807, 2.05) is 0 Å². The number of carbonyl (C=O) groups is 3. The number of methoxy groups -OCH3 is 2. The highest BCUT2D eigenvalue weighted by Gasteiger charge is 2.35. The van der Waals surface area contributed by atoms with Crippen LogP contribution in [0.4, 0.5) is 0 Å². The SMILES string of the molecule is COC(=O)c1sc(S(=O)(=O)N[C@H](Cc2ccccc2)C(=O)O)c(C(=O)OC)c1C. The monoisotopic (exact) mass is 441 g/mol. The number of esters is 2. The van der Waals surface area contributed by atoms with Crippen molar-refractivity contribution < 1.29 is 37.4 Å². The smallest absolute Gasteiger partial charge is 0.348 e. The number of thiophene rings is 1. The van der Waals surface area contributed by atoms with Gasteiger partial charge in [-0.25, -0.2) is 18.0 Å². The van der Waals surface area contributed by atoms with Crippen LogP contribution in [0.15, 0.2) is 34.5 Å². The number of hydrogen-bond donors (Lipinski definition) is 2. The zero-order chi connectivity index (χ0) is 21.8. The molecular formula is C18H19NO8S2. The van der Waals surface area contributed by atoms with Crippen LogP contribution >= 0.6 is 11.3 Å². The topological polar surface area (TPSA) is 136 Å². The predicted molar refractivity (Wildman–Crippen MR) is 104 cm³/mol. The van der Waals surface area contributed by atoms with Crippen LogP contribution in [-0.4, -0.2) is 51.7 Å². The zero-order valence-electron chi connectivity index (χ0n) is 15.8. The number of sulfonamides is 1. The third-order valence-electron chi connectivity index (χ3n) is 4.00. The van der Waals surface area contributed by atoms with Gasteiger partial charge in [-0.3, -0.25) is 4.79 Å². The Balaban J connectivity index is 2.49. The molecule has 2 rings (SSSR count). The normalized spacial score (nSPS) is 12.2. The molecule has 0 amide bonds. The van der Waals surface area contributed by atoms with Crippen molar-refractivity contribution in [3.63, 3.8) is 0 Å². The maximum absolute atomic E-state index is 12.9. The Morgan fingerprint density at radius 3 is 2.21 bits per heavy atom. The van der Waals surface area contributed by atoms with Crippen LogP contribution < -0.4 is 4.72 Å². The first-order valence-electron chi connectivity index (χ1n) is 8.21. The van der Waals surface area contributed by atoms with Crippen molar-refractivity contribution in [3.05, 3.63) is 51.9 Å². The van der Waals surface area contributed by atoms with E-state index in [1.54, 1.807) is 30.3 Å². The maximum Gasteiger partial charge on any atom is 0.348 e. The molecule has 2 N–H and O–H groups in total. The lowest BCUT2D eigenvalue weighted by Gasteiger charge is -2.15. The zero-order valence-corrected chi connectivity index (χ0v) is 17.4. The number of ether oxygens (including phenoxy) is 2. The molecule has 0 spiro atoms. The van der Waals surface area contributed by atoms with Gasteiger partial charge in [-0.1, -0.05) is 30.3 Å². The van der Waals surface area contributed by atoms with Crippen molar-refractivity contribution in [2.45, 2.75) is 23.6 Å². The van der Waals surface area contributed by atoms with Gasteiger partial charge in [0, 0.05) is 0 Å². The van der Waals surface area contributed by atoms with Crippen LogP contribution in [0, 0.1) is 6.92 Å². The highest BCUT2D eigenvalue weighted by atomic mass is 32.2. The molecule has 0 bridgehead atoms. The summed E-state index contributed by atoms with van der Waals surface area (Å²) in [6.07, 6.45) is -0.114. The van der Waals surface area contributed by atoms with Crippen LogP contribution in [-0.2, 0) is 30.7 Å². The van der Waals surface area contributed by atoms with Crippen LogP contribution in [0.25, 0.3) is 0 Å². The fourth-order valence-corrected chi connectivity index (χ4v) is 5.52. The van der Waals surface area contributed by atoms with Gasteiger partial charge in [0.2, 0.25) is 0 Å². The van der Waals surface area contributed by atoms with Crippen molar-refractivity contribution >= 4 is 39.3 Å². The number of rotatable bonds is 8. The number of carboxylic acids is 1. The van der Waals surface area contributed by atoms with Gasteiger partial charge in [0.15, 0.2) is 4.21 Å². The molecule has 0 aliphatic heterocycles. The second-order valence-corrected chi connectivity index (χ2v) is 8.83. The molecule has 0 radical (unpaired) electrons. The van der Waals surface area contributed by atoms with E-state index in [9.17, 15) is 27.9 Å². The van der Waals surface area contributed by atoms with E-state index in [2.05, 4.69) is 14.2 Å². The highest BCUT2D eigenvalue weighted by Crippen LogP contribution is 2.33. The molecule has 0 aliphatic rings. The lowest BCUT2D eigenvalue weighted by molar-refractivity contribution is -0.138. The Morgan fingerprint density at radius 1 is 1.10 bits per heavy atom. The molecule has 0 saturated carbocycles. The molecule has 1 heterocycles. The van der Waals surface area contributed by atoms with Gasteiger partial charge in [-0.15, -0.1) is 11.3 Å². The van der Waals surface area contributed by atoms with Crippen LogP contribution in [0.5, 0.6) is 0 Å². The van der Waals surface area contributed by atoms with Gasteiger partial charge < -0.3 is 14.6 Å². The lowest BCUT2D eigenvalue weighted by Crippen LogP contribution is -2.42. The van der Waals surface area contributed by atoms with Gasteiger partial charge in [-0.05, 0) is 24.5 Å². The summed E-state index contributed by atoms with van der Waals surface area (Å²) in [5.41, 5.74) is 0.340. The van der Waals surface area contributed by atoms with E-state index in [-0.39, 0.29) is 22.4 Å². The van der Waals surface area contributed by atoms with E-state index in [1.165, 1.54) is 6.92 Å². The molecule has 9 nitrogen and oxygen atoms in total.